The number of rotatable bonds is 5. The third-order valence-electron chi connectivity index (χ3n) is 6.28. The number of carbonyl (C=O) groups excluding carboxylic acids is 1. The van der Waals surface area contributed by atoms with Crippen LogP contribution in [0.1, 0.15) is 44.2 Å². The summed E-state index contributed by atoms with van der Waals surface area (Å²) in [6.45, 7) is 6.90. The normalized spacial score (nSPS) is 19.2. The zero-order valence-electron chi connectivity index (χ0n) is 18.3. The lowest BCUT2D eigenvalue weighted by Crippen LogP contribution is -2.34. The molecule has 2 aliphatic heterocycles. The van der Waals surface area contributed by atoms with Gasteiger partial charge in [-0.25, -0.2) is 13.1 Å². The maximum absolute atomic E-state index is 12.9. The number of anilines is 2. The zero-order valence-corrected chi connectivity index (χ0v) is 19.1. The van der Waals surface area contributed by atoms with Crippen molar-refractivity contribution in [1.29, 1.82) is 0 Å². The Morgan fingerprint density at radius 3 is 2.58 bits per heavy atom. The highest BCUT2D eigenvalue weighted by atomic mass is 32.2. The van der Waals surface area contributed by atoms with Gasteiger partial charge in [-0.15, -0.1) is 0 Å². The SMILES string of the molecule is CC(=O)N1CCCc2cc(S(=O)(=O)NCc3ccc(N4CCC[C@H](C)C4)cc3)ccc21. The van der Waals surface area contributed by atoms with Gasteiger partial charge in [0.1, 0.15) is 0 Å². The van der Waals surface area contributed by atoms with Crippen LogP contribution in [0.4, 0.5) is 11.4 Å². The molecule has 1 fully saturated rings. The van der Waals surface area contributed by atoms with Gasteiger partial charge in [-0.2, -0.15) is 0 Å². The number of sulfonamides is 1. The van der Waals surface area contributed by atoms with E-state index in [0.29, 0.717) is 12.5 Å². The number of aryl methyl sites for hydroxylation is 1. The summed E-state index contributed by atoms with van der Waals surface area (Å²) >= 11 is 0. The third kappa shape index (κ3) is 4.93. The van der Waals surface area contributed by atoms with Crippen LogP contribution in [-0.2, 0) is 27.8 Å². The Morgan fingerprint density at radius 1 is 1.10 bits per heavy atom. The summed E-state index contributed by atoms with van der Waals surface area (Å²) < 4.78 is 28.4. The smallest absolute Gasteiger partial charge is 0.240 e. The first kappa shape index (κ1) is 21.8. The number of fused-ring (bicyclic) bond motifs is 1. The molecule has 1 atom stereocenters. The molecule has 0 aliphatic carbocycles. The topological polar surface area (TPSA) is 69.7 Å². The first-order valence-electron chi connectivity index (χ1n) is 11.1. The molecule has 1 saturated heterocycles. The molecule has 1 N–H and O–H groups in total. The number of amides is 1. The molecule has 0 unspecified atom stereocenters. The average molecular weight is 442 g/mol. The average Bonchev–Trinajstić information content (AvgIpc) is 2.77. The fraction of sp³-hybridized carbons (Fsp3) is 0.458. The summed E-state index contributed by atoms with van der Waals surface area (Å²) in [6, 6.07) is 13.2. The number of hydrogen-bond donors (Lipinski definition) is 1. The number of hydrogen-bond acceptors (Lipinski definition) is 4. The summed E-state index contributed by atoms with van der Waals surface area (Å²) in [5.41, 5.74) is 3.85. The van der Waals surface area contributed by atoms with Crippen LogP contribution in [0.5, 0.6) is 0 Å². The minimum Gasteiger partial charge on any atom is -0.371 e. The molecular formula is C24H31N3O3S. The molecule has 2 aromatic carbocycles. The Balaban J connectivity index is 1.43. The van der Waals surface area contributed by atoms with E-state index < -0.39 is 10.0 Å². The van der Waals surface area contributed by atoms with Crippen molar-refractivity contribution in [2.75, 3.05) is 29.4 Å². The molecule has 2 aliphatic rings. The van der Waals surface area contributed by atoms with Crippen LogP contribution in [0.25, 0.3) is 0 Å². The number of benzene rings is 2. The van der Waals surface area contributed by atoms with Crippen molar-refractivity contribution >= 4 is 27.3 Å². The highest BCUT2D eigenvalue weighted by Crippen LogP contribution is 2.29. The van der Waals surface area contributed by atoms with Crippen molar-refractivity contribution in [3.8, 4) is 0 Å². The summed E-state index contributed by atoms with van der Waals surface area (Å²) in [5.74, 6) is 0.691. The fourth-order valence-corrected chi connectivity index (χ4v) is 5.65. The van der Waals surface area contributed by atoms with Crippen LogP contribution in [0.15, 0.2) is 47.4 Å². The second-order valence-corrected chi connectivity index (χ2v) is 10.5. The number of nitrogens with zero attached hydrogens (tertiary/aromatic N) is 2. The molecule has 0 aromatic heterocycles. The van der Waals surface area contributed by atoms with Gasteiger partial charge < -0.3 is 9.80 Å². The molecule has 0 saturated carbocycles. The molecule has 0 bridgehead atoms. The van der Waals surface area contributed by atoms with E-state index >= 15 is 0 Å². The second kappa shape index (κ2) is 9.01. The molecule has 1 amide bonds. The lowest BCUT2D eigenvalue weighted by Gasteiger charge is -2.32. The van der Waals surface area contributed by atoms with Crippen LogP contribution in [-0.4, -0.2) is 34.0 Å². The van der Waals surface area contributed by atoms with Crippen molar-refractivity contribution in [3.05, 3.63) is 53.6 Å². The van der Waals surface area contributed by atoms with Gasteiger partial charge in [-0.1, -0.05) is 19.1 Å². The van der Waals surface area contributed by atoms with Gasteiger partial charge in [0.2, 0.25) is 15.9 Å². The Hall–Kier alpha value is -2.38. The van der Waals surface area contributed by atoms with E-state index in [1.807, 2.05) is 12.1 Å². The maximum Gasteiger partial charge on any atom is 0.240 e. The highest BCUT2D eigenvalue weighted by molar-refractivity contribution is 7.89. The number of nitrogens with one attached hydrogen (secondary N) is 1. The van der Waals surface area contributed by atoms with E-state index in [2.05, 4.69) is 28.7 Å². The van der Waals surface area contributed by atoms with E-state index in [-0.39, 0.29) is 17.3 Å². The standard InChI is InChI=1S/C24H31N3O3S/c1-18-5-3-13-26(17-18)22-9-7-20(8-10-22)16-25-31(29,30)23-11-12-24-21(15-23)6-4-14-27(24)19(2)28/h7-12,15,18,25H,3-6,13-14,16-17H2,1-2H3/t18-/m0/s1. The van der Waals surface area contributed by atoms with Gasteiger partial charge >= 0.3 is 0 Å². The molecular weight excluding hydrogens is 410 g/mol. The second-order valence-electron chi connectivity index (χ2n) is 8.75. The molecule has 4 rings (SSSR count). The Morgan fingerprint density at radius 2 is 1.87 bits per heavy atom. The summed E-state index contributed by atoms with van der Waals surface area (Å²) in [5, 5.41) is 0. The first-order chi connectivity index (χ1) is 14.8. The molecule has 166 valence electrons. The number of piperidine rings is 1. The first-order valence-corrected chi connectivity index (χ1v) is 12.6. The Kier molecular flexibility index (Phi) is 6.34. The molecule has 6 nitrogen and oxygen atoms in total. The van der Waals surface area contributed by atoms with Gasteiger partial charge in [0.05, 0.1) is 4.90 Å². The molecule has 0 radical (unpaired) electrons. The van der Waals surface area contributed by atoms with Crippen molar-refractivity contribution < 1.29 is 13.2 Å². The van der Waals surface area contributed by atoms with Crippen LogP contribution in [0.2, 0.25) is 0 Å². The van der Waals surface area contributed by atoms with E-state index in [0.717, 1.165) is 42.7 Å². The van der Waals surface area contributed by atoms with Crippen LogP contribution >= 0.6 is 0 Å². The quantitative estimate of drug-likeness (QED) is 0.768. The van der Waals surface area contributed by atoms with Crippen molar-refractivity contribution in [1.82, 2.24) is 4.72 Å². The third-order valence-corrected chi connectivity index (χ3v) is 7.68. The van der Waals surface area contributed by atoms with Gasteiger partial charge in [-0.3, -0.25) is 4.79 Å². The Labute approximate surface area is 185 Å². The molecule has 2 heterocycles. The summed E-state index contributed by atoms with van der Waals surface area (Å²) in [7, 11) is -3.63. The predicted octanol–water partition coefficient (Wildman–Crippen LogP) is 3.70. The van der Waals surface area contributed by atoms with Crippen molar-refractivity contribution in [2.24, 2.45) is 5.92 Å². The van der Waals surface area contributed by atoms with Crippen molar-refractivity contribution in [2.45, 2.75) is 51.0 Å². The Bertz CT molecular complexity index is 1050. The van der Waals surface area contributed by atoms with Gasteiger partial charge in [0, 0.05) is 44.5 Å². The minimum absolute atomic E-state index is 0.0165. The van der Waals surface area contributed by atoms with Crippen LogP contribution in [0.3, 0.4) is 0 Å². The van der Waals surface area contributed by atoms with E-state index in [1.54, 1.807) is 30.0 Å². The largest absolute Gasteiger partial charge is 0.371 e. The fourth-order valence-electron chi connectivity index (χ4n) is 4.58. The van der Waals surface area contributed by atoms with Crippen LogP contribution < -0.4 is 14.5 Å². The lowest BCUT2D eigenvalue weighted by molar-refractivity contribution is -0.116. The predicted molar refractivity (Wildman–Crippen MR) is 124 cm³/mol. The highest BCUT2D eigenvalue weighted by Gasteiger charge is 2.23. The van der Waals surface area contributed by atoms with Gasteiger partial charge in [0.25, 0.3) is 0 Å². The van der Waals surface area contributed by atoms with Gasteiger partial charge in [-0.05, 0) is 73.1 Å². The molecule has 0 spiro atoms. The van der Waals surface area contributed by atoms with Crippen molar-refractivity contribution in [3.63, 3.8) is 0 Å². The monoisotopic (exact) mass is 441 g/mol. The minimum atomic E-state index is -3.63. The molecule has 7 heteroatoms. The molecule has 2 aromatic rings. The van der Waals surface area contributed by atoms with Crippen LogP contribution in [0, 0.1) is 5.92 Å². The molecule has 31 heavy (non-hydrogen) atoms. The summed E-state index contributed by atoms with van der Waals surface area (Å²) in [4.78, 5) is 16.2. The van der Waals surface area contributed by atoms with E-state index in [4.69, 9.17) is 0 Å². The maximum atomic E-state index is 12.9. The van der Waals surface area contributed by atoms with E-state index in [9.17, 15) is 13.2 Å². The van der Waals surface area contributed by atoms with Gasteiger partial charge in [0.15, 0.2) is 0 Å². The number of carbonyl (C=O) groups is 1. The summed E-state index contributed by atoms with van der Waals surface area (Å²) in [6.07, 6.45) is 4.12. The zero-order chi connectivity index (χ0) is 22.0. The van der Waals surface area contributed by atoms with E-state index in [1.165, 1.54) is 18.5 Å². The lowest BCUT2D eigenvalue weighted by atomic mass is 9.99.